The number of fused-ring (bicyclic) bond motifs is 4. The number of likely N-dealkylation sites (tertiary alicyclic amines) is 1. The first-order valence-electron chi connectivity index (χ1n) is 12.1. The minimum atomic E-state index is -0.479. The zero-order valence-corrected chi connectivity index (χ0v) is 20.0. The number of benzene rings is 2. The molecule has 35 heavy (non-hydrogen) atoms. The Labute approximate surface area is 204 Å². The van der Waals surface area contributed by atoms with Crippen molar-refractivity contribution in [1.82, 2.24) is 14.7 Å². The predicted molar refractivity (Wildman–Crippen MR) is 129 cm³/mol. The molecule has 4 heterocycles. The lowest BCUT2D eigenvalue weighted by Gasteiger charge is -2.44. The highest BCUT2D eigenvalue weighted by atomic mass is 16.6. The third-order valence-electron chi connectivity index (χ3n) is 7.33. The first-order valence-corrected chi connectivity index (χ1v) is 12.1. The van der Waals surface area contributed by atoms with E-state index in [1.807, 2.05) is 53.2 Å². The average molecular weight is 476 g/mol. The Bertz CT molecular complexity index is 1260. The monoisotopic (exact) mass is 475 g/mol. The van der Waals surface area contributed by atoms with Crippen molar-refractivity contribution in [3.05, 3.63) is 59.8 Å². The van der Waals surface area contributed by atoms with Gasteiger partial charge in [-0.25, -0.2) is 0 Å². The molecule has 0 N–H and O–H groups in total. The number of hydrogen-bond acceptors (Lipinski definition) is 6. The van der Waals surface area contributed by atoms with E-state index in [1.54, 1.807) is 13.2 Å². The second-order valence-electron chi connectivity index (χ2n) is 9.38. The fourth-order valence-corrected chi connectivity index (χ4v) is 5.42. The molecule has 1 atom stereocenters. The maximum atomic E-state index is 13.4. The number of hydrogen-bond donors (Lipinski definition) is 0. The molecule has 0 saturated carbocycles. The molecule has 8 heteroatoms. The van der Waals surface area contributed by atoms with Gasteiger partial charge in [0.05, 0.1) is 32.2 Å². The fourth-order valence-electron chi connectivity index (χ4n) is 5.42. The molecule has 0 bridgehead atoms. The number of aryl methyl sites for hydroxylation is 1. The summed E-state index contributed by atoms with van der Waals surface area (Å²) in [5.41, 5.74) is 3.37. The number of methoxy groups -OCH3 is 1. The van der Waals surface area contributed by atoms with E-state index in [2.05, 4.69) is 11.2 Å². The Balaban J connectivity index is 1.20. The maximum absolute atomic E-state index is 13.4. The Morgan fingerprint density at radius 1 is 1.14 bits per heavy atom. The van der Waals surface area contributed by atoms with Crippen molar-refractivity contribution in [2.45, 2.75) is 31.0 Å². The molecule has 182 valence electrons. The third kappa shape index (κ3) is 3.72. The molecule has 1 aromatic heterocycles. The molecule has 1 amide bonds. The average Bonchev–Trinajstić information content (AvgIpc) is 3.55. The van der Waals surface area contributed by atoms with Crippen molar-refractivity contribution in [1.29, 1.82) is 0 Å². The standard InChI is InChI=1S/C27H29N3O5/c1-29-25-20-5-3-4-6-22(20)35-27(21(25)16-28-29)10-12-30(13-11-27)26(31)18-7-8-23(24(15-18)32-2)34-19-9-14-33-17-19/h3-8,15-16,19H,9-14,17H2,1-2H3/t19-/m0/s1. The molecule has 2 saturated heterocycles. The fraction of sp³-hybridized carbons (Fsp3) is 0.407. The maximum Gasteiger partial charge on any atom is 0.253 e. The molecular formula is C27H29N3O5. The Hall–Kier alpha value is -3.52. The summed E-state index contributed by atoms with van der Waals surface area (Å²) in [7, 11) is 3.56. The van der Waals surface area contributed by atoms with E-state index in [9.17, 15) is 4.79 Å². The number of rotatable bonds is 4. The third-order valence-corrected chi connectivity index (χ3v) is 7.33. The van der Waals surface area contributed by atoms with Crippen LogP contribution in [-0.4, -0.2) is 60.1 Å². The van der Waals surface area contributed by atoms with Crippen molar-refractivity contribution in [3.8, 4) is 28.5 Å². The zero-order valence-electron chi connectivity index (χ0n) is 20.0. The van der Waals surface area contributed by atoms with Crippen molar-refractivity contribution < 1.29 is 23.7 Å². The molecule has 8 nitrogen and oxygen atoms in total. The van der Waals surface area contributed by atoms with Crippen LogP contribution in [0.2, 0.25) is 0 Å². The lowest BCUT2D eigenvalue weighted by Crippen LogP contribution is -2.49. The van der Waals surface area contributed by atoms with Gasteiger partial charge in [-0.15, -0.1) is 0 Å². The van der Waals surface area contributed by atoms with Gasteiger partial charge in [0.15, 0.2) is 11.5 Å². The largest absolute Gasteiger partial charge is 0.493 e. The lowest BCUT2D eigenvalue weighted by molar-refractivity contribution is -0.00173. The van der Waals surface area contributed by atoms with Gasteiger partial charge < -0.3 is 23.8 Å². The topological polar surface area (TPSA) is 75.0 Å². The van der Waals surface area contributed by atoms with E-state index in [0.717, 1.165) is 29.0 Å². The molecule has 3 aromatic rings. The summed E-state index contributed by atoms with van der Waals surface area (Å²) in [4.78, 5) is 15.3. The summed E-state index contributed by atoms with van der Waals surface area (Å²) in [6.07, 6.45) is 4.19. The van der Waals surface area contributed by atoms with Gasteiger partial charge in [-0.3, -0.25) is 9.48 Å². The van der Waals surface area contributed by atoms with Crippen molar-refractivity contribution in [2.24, 2.45) is 7.05 Å². The molecule has 0 unspecified atom stereocenters. The van der Waals surface area contributed by atoms with Crippen LogP contribution in [0.15, 0.2) is 48.7 Å². The second kappa shape index (κ2) is 8.61. The van der Waals surface area contributed by atoms with Crippen molar-refractivity contribution >= 4 is 5.91 Å². The van der Waals surface area contributed by atoms with Crippen LogP contribution < -0.4 is 14.2 Å². The summed E-state index contributed by atoms with van der Waals surface area (Å²) in [6.45, 7) is 2.46. The second-order valence-corrected chi connectivity index (χ2v) is 9.38. The van der Waals surface area contributed by atoms with Gasteiger partial charge in [-0.05, 0) is 30.3 Å². The van der Waals surface area contributed by atoms with E-state index in [0.29, 0.717) is 56.2 Å². The van der Waals surface area contributed by atoms with Gasteiger partial charge in [-0.1, -0.05) is 12.1 Å². The number of nitrogens with zero attached hydrogens (tertiary/aromatic N) is 3. The van der Waals surface area contributed by atoms with Crippen LogP contribution in [0.4, 0.5) is 0 Å². The quantitative estimate of drug-likeness (QED) is 0.572. The smallest absolute Gasteiger partial charge is 0.253 e. The van der Waals surface area contributed by atoms with Crippen LogP contribution in [0, 0.1) is 0 Å². The molecule has 3 aliphatic heterocycles. The summed E-state index contributed by atoms with van der Waals surface area (Å²) in [5.74, 6) is 2.05. The van der Waals surface area contributed by atoms with E-state index in [-0.39, 0.29) is 12.0 Å². The summed E-state index contributed by atoms with van der Waals surface area (Å²) < 4.78 is 25.5. The zero-order chi connectivity index (χ0) is 24.0. The minimum Gasteiger partial charge on any atom is -0.493 e. The summed E-state index contributed by atoms with van der Waals surface area (Å²) in [6, 6.07) is 13.5. The van der Waals surface area contributed by atoms with E-state index >= 15 is 0 Å². The highest BCUT2D eigenvalue weighted by Crippen LogP contribution is 2.49. The van der Waals surface area contributed by atoms with Crippen LogP contribution in [0.3, 0.4) is 0 Å². The number of amides is 1. The molecule has 0 radical (unpaired) electrons. The van der Waals surface area contributed by atoms with Gasteiger partial charge in [0.2, 0.25) is 0 Å². The Morgan fingerprint density at radius 2 is 1.97 bits per heavy atom. The van der Waals surface area contributed by atoms with Crippen LogP contribution in [0.5, 0.6) is 17.2 Å². The molecule has 2 aromatic carbocycles. The van der Waals surface area contributed by atoms with Gasteiger partial charge in [-0.2, -0.15) is 5.10 Å². The first kappa shape index (κ1) is 22.0. The number of para-hydroxylation sites is 1. The first-order chi connectivity index (χ1) is 17.1. The molecule has 0 aliphatic carbocycles. The predicted octanol–water partition coefficient (Wildman–Crippen LogP) is 3.79. The molecule has 6 rings (SSSR count). The van der Waals surface area contributed by atoms with Crippen molar-refractivity contribution in [2.75, 3.05) is 33.4 Å². The van der Waals surface area contributed by atoms with Gasteiger partial charge in [0, 0.05) is 56.1 Å². The minimum absolute atomic E-state index is 0.0155. The van der Waals surface area contributed by atoms with Gasteiger partial charge >= 0.3 is 0 Å². The molecular weight excluding hydrogens is 446 g/mol. The van der Waals surface area contributed by atoms with Crippen LogP contribution >= 0.6 is 0 Å². The molecule has 2 fully saturated rings. The number of ether oxygens (including phenoxy) is 4. The number of carbonyl (C=O) groups is 1. The molecule has 3 aliphatic rings. The van der Waals surface area contributed by atoms with Crippen LogP contribution in [0.25, 0.3) is 11.3 Å². The summed E-state index contributed by atoms with van der Waals surface area (Å²) in [5, 5.41) is 4.53. The summed E-state index contributed by atoms with van der Waals surface area (Å²) >= 11 is 0. The Kier molecular flexibility index (Phi) is 5.40. The van der Waals surface area contributed by atoms with E-state index in [1.165, 1.54) is 0 Å². The lowest BCUT2D eigenvalue weighted by atomic mass is 9.81. The van der Waals surface area contributed by atoms with E-state index < -0.39 is 5.60 Å². The SMILES string of the molecule is COc1cc(C(=O)N2CCC3(CC2)Oc2ccccc2-c2c3cnn2C)ccc1O[C@H]1CCOC1. The van der Waals surface area contributed by atoms with E-state index in [4.69, 9.17) is 18.9 Å². The Morgan fingerprint density at radius 3 is 2.74 bits per heavy atom. The van der Waals surface area contributed by atoms with Gasteiger partial charge in [0.25, 0.3) is 5.91 Å². The highest BCUT2D eigenvalue weighted by Gasteiger charge is 2.45. The number of piperidine rings is 1. The van der Waals surface area contributed by atoms with Crippen LogP contribution in [0.1, 0.15) is 35.2 Å². The molecule has 1 spiro atoms. The normalized spacial score (nSPS) is 20.2. The van der Waals surface area contributed by atoms with Crippen LogP contribution in [-0.2, 0) is 17.4 Å². The number of aromatic nitrogens is 2. The van der Waals surface area contributed by atoms with Gasteiger partial charge in [0.1, 0.15) is 17.5 Å². The number of carbonyl (C=O) groups excluding carboxylic acids is 1. The van der Waals surface area contributed by atoms with Crippen molar-refractivity contribution in [3.63, 3.8) is 0 Å². The highest BCUT2D eigenvalue weighted by molar-refractivity contribution is 5.95.